The molecular formula is C12H10FNO5S. The zero-order valence-electron chi connectivity index (χ0n) is 10.0. The lowest BCUT2D eigenvalue weighted by molar-refractivity contribution is 0.0696. The van der Waals surface area contributed by atoms with Crippen molar-refractivity contribution in [2.45, 2.75) is 11.4 Å². The monoisotopic (exact) mass is 299 g/mol. The fraction of sp³-hybridized carbons (Fsp3) is 0.0833. The van der Waals surface area contributed by atoms with E-state index in [0.717, 1.165) is 12.1 Å². The van der Waals surface area contributed by atoms with Crippen LogP contribution in [0.1, 0.15) is 15.9 Å². The van der Waals surface area contributed by atoms with Crippen LogP contribution >= 0.6 is 0 Å². The van der Waals surface area contributed by atoms with E-state index in [4.69, 9.17) is 9.52 Å². The number of hydrogen-bond acceptors (Lipinski definition) is 4. The SMILES string of the molecule is O=C(O)c1ccc(S(=O)(=O)NCc2ccoc2)c(F)c1. The normalized spacial score (nSPS) is 11.4. The molecule has 1 aromatic heterocycles. The summed E-state index contributed by atoms with van der Waals surface area (Å²) >= 11 is 0. The summed E-state index contributed by atoms with van der Waals surface area (Å²) in [6, 6.07) is 4.16. The summed E-state index contributed by atoms with van der Waals surface area (Å²) in [6.45, 7) is -0.0566. The van der Waals surface area contributed by atoms with Gasteiger partial charge in [0.15, 0.2) is 0 Å². The minimum absolute atomic E-state index is 0.0566. The predicted octanol–water partition coefficient (Wildman–Crippen LogP) is 1.60. The van der Waals surface area contributed by atoms with Crippen LogP contribution in [0.25, 0.3) is 0 Å². The molecule has 0 spiro atoms. The number of nitrogens with one attached hydrogen (secondary N) is 1. The van der Waals surface area contributed by atoms with E-state index in [1.165, 1.54) is 12.5 Å². The number of aromatic carboxylic acids is 1. The molecule has 2 N–H and O–H groups in total. The molecule has 0 amide bonds. The van der Waals surface area contributed by atoms with Crippen molar-refractivity contribution < 1.29 is 27.1 Å². The molecule has 0 fully saturated rings. The molecule has 0 aliphatic heterocycles. The van der Waals surface area contributed by atoms with Crippen molar-refractivity contribution in [3.63, 3.8) is 0 Å². The van der Waals surface area contributed by atoms with E-state index in [2.05, 4.69) is 4.72 Å². The lowest BCUT2D eigenvalue weighted by Crippen LogP contribution is -2.24. The van der Waals surface area contributed by atoms with Gasteiger partial charge < -0.3 is 9.52 Å². The highest BCUT2D eigenvalue weighted by molar-refractivity contribution is 7.89. The number of sulfonamides is 1. The maximum atomic E-state index is 13.7. The molecule has 1 aromatic carbocycles. The molecule has 2 rings (SSSR count). The third-order valence-electron chi connectivity index (χ3n) is 2.51. The molecule has 0 radical (unpaired) electrons. The van der Waals surface area contributed by atoms with Gasteiger partial charge in [-0.2, -0.15) is 0 Å². The number of halogens is 1. The van der Waals surface area contributed by atoms with Gasteiger partial charge in [-0.3, -0.25) is 0 Å². The van der Waals surface area contributed by atoms with Gasteiger partial charge in [0.05, 0.1) is 18.1 Å². The molecular weight excluding hydrogens is 289 g/mol. The second kappa shape index (κ2) is 5.43. The van der Waals surface area contributed by atoms with Crippen LogP contribution in [0, 0.1) is 5.82 Å². The van der Waals surface area contributed by atoms with Crippen LogP contribution in [-0.2, 0) is 16.6 Å². The van der Waals surface area contributed by atoms with E-state index in [9.17, 15) is 17.6 Å². The standard InChI is InChI=1S/C12H10FNO5S/c13-10-5-9(12(15)16)1-2-11(10)20(17,18)14-6-8-3-4-19-7-8/h1-5,7,14H,6H2,(H,15,16). The van der Waals surface area contributed by atoms with Gasteiger partial charge in [-0.25, -0.2) is 22.3 Å². The Bertz CT molecular complexity index is 724. The van der Waals surface area contributed by atoms with Gasteiger partial charge in [-0.05, 0) is 24.3 Å². The maximum absolute atomic E-state index is 13.7. The average molecular weight is 299 g/mol. The van der Waals surface area contributed by atoms with Crippen molar-refractivity contribution in [3.05, 3.63) is 53.7 Å². The van der Waals surface area contributed by atoms with E-state index < -0.39 is 26.7 Å². The first-order chi connectivity index (χ1) is 9.40. The largest absolute Gasteiger partial charge is 0.478 e. The highest BCUT2D eigenvalue weighted by atomic mass is 32.2. The van der Waals surface area contributed by atoms with E-state index in [-0.39, 0.29) is 12.1 Å². The quantitative estimate of drug-likeness (QED) is 0.874. The van der Waals surface area contributed by atoms with Crippen molar-refractivity contribution in [1.82, 2.24) is 4.72 Å². The van der Waals surface area contributed by atoms with Gasteiger partial charge in [-0.1, -0.05) is 0 Å². The molecule has 1 heterocycles. The second-order valence-electron chi connectivity index (χ2n) is 3.91. The first kappa shape index (κ1) is 14.2. The molecule has 0 aliphatic carbocycles. The second-order valence-corrected chi connectivity index (χ2v) is 5.64. The number of rotatable bonds is 5. The summed E-state index contributed by atoms with van der Waals surface area (Å²) in [5.74, 6) is -2.45. The minimum atomic E-state index is -4.07. The molecule has 0 saturated heterocycles. The Morgan fingerprint density at radius 3 is 2.65 bits per heavy atom. The van der Waals surface area contributed by atoms with Crippen molar-refractivity contribution in [3.8, 4) is 0 Å². The summed E-state index contributed by atoms with van der Waals surface area (Å²) < 4.78 is 44.4. The van der Waals surface area contributed by atoms with Gasteiger partial charge in [0.1, 0.15) is 10.7 Å². The highest BCUT2D eigenvalue weighted by Crippen LogP contribution is 2.16. The van der Waals surface area contributed by atoms with Gasteiger partial charge >= 0.3 is 5.97 Å². The van der Waals surface area contributed by atoms with Crippen molar-refractivity contribution >= 4 is 16.0 Å². The molecule has 2 aromatic rings. The number of furan rings is 1. The Morgan fingerprint density at radius 2 is 2.10 bits per heavy atom. The number of carbonyl (C=O) groups is 1. The van der Waals surface area contributed by atoms with Crippen LogP contribution in [0.4, 0.5) is 4.39 Å². The van der Waals surface area contributed by atoms with Gasteiger partial charge in [-0.15, -0.1) is 0 Å². The lowest BCUT2D eigenvalue weighted by atomic mass is 10.2. The first-order valence-corrected chi connectivity index (χ1v) is 6.92. The summed E-state index contributed by atoms with van der Waals surface area (Å²) in [5.41, 5.74) is 0.257. The van der Waals surface area contributed by atoms with Gasteiger partial charge in [0.25, 0.3) is 0 Å². The van der Waals surface area contributed by atoms with E-state index in [0.29, 0.717) is 11.6 Å². The fourth-order valence-corrected chi connectivity index (χ4v) is 2.58. The Labute approximate surface area is 113 Å². The Balaban J connectivity index is 2.23. The topological polar surface area (TPSA) is 96.6 Å². The molecule has 6 nitrogen and oxygen atoms in total. The molecule has 106 valence electrons. The van der Waals surface area contributed by atoms with Crippen LogP contribution in [0.3, 0.4) is 0 Å². The van der Waals surface area contributed by atoms with Crippen LogP contribution in [0.2, 0.25) is 0 Å². The zero-order chi connectivity index (χ0) is 14.8. The highest BCUT2D eigenvalue weighted by Gasteiger charge is 2.20. The number of carboxylic acids is 1. The van der Waals surface area contributed by atoms with Gasteiger partial charge in [0, 0.05) is 12.1 Å². The summed E-state index contributed by atoms with van der Waals surface area (Å²) in [6.07, 6.45) is 2.73. The third-order valence-corrected chi connectivity index (χ3v) is 3.95. The maximum Gasteiger partial charge on any atom is 0.335 e. The molecule has 0 aliphatic rings. The van der Waals surface area contributed by atoms with Crippen molar-refractivity contribution in [2.24, 2.45) is 0 Å². The molecule has 20 heavy (non-hydrogen) atoms. The molecule has 0 unspecified atom stereocenters. The molecule has 0 atom stereocenters. The average Bonchev–Trinajstić information content (AvgIpc) is 2.89. The Morgan fingerprint density at radius 1 is 1.35 bits per heavy atom. The van der Waals surface area contributed by atoms with Crippen molar-refractivity contribution in [2.75, 3.05) is 0 Å². The van der Waals surface area contributed by atoms with E-state index >= 15 is 0 Å². The van der Waals surface area contributed by atoms with Crippen LogP contribution < -0.4 is 4.72 Å². The van der Waals surface area contributed by atoms with Crippen LogP contribution in [0.5, 0.6) is 0 Å². The smallest absolute Gasteiger partial charge is 0.335 e. The number of benzene rings is 1. The van der Waals surface area contributed by atoms with Gasteiger partial charge in [0.2, 0.25) is 10.0 Å². The molecule has 0 saturated carbocycles. The molecule has 8 heteroatoms. The Kier molecular flexibility index (Phi) is 3.86. The zero-order valence-corrected chi connectivity index (χ0v) is 10.9. The molecule has 0 bridgehead atoms. The Hall–Kier alpha value is -2.19. The lowest BCUT2D eigenvalue weighted by Gasteiger charge is -2.07. The summed E-state index contributed by atoms with van der Waals surface area (Å²) in [7, 11) is -4.07. The van der Waals surface area contributed by atoms with Crippen LogP contribution in [0.15, 0.2) is 46.1 Å². The van der Waals surface area contributed by atoms with E-state index in [1.807, 2.05) is 0 Å². The third kappa shape index (κ3) is 3.03. The van der Waals surface area contributed by atoms with Crippen LogP contribution in [-0.4, -0.2) is 19.5 Å². The van der Waals surface area contributed by atoms with E-state index in [1.54, 1.807) is 6.07 Å². The summed E-state index contributed by atoms with van der Waals surface area (Å²) in [4.78, 5) is 10.0. The number of hydrogen-bond donors (Lipinski definition) is 2. The number of carboxylic acid groups (broad SMARTS) is 1. The fourth-order valence-electron chi connectivity index (χ4n) is 1.50. The minimum Gasteiger partial charge on any atom is -0.478 e. The summed E-state index contributed by atoms with van der Waals surface area (Å²) in [5, 5.41) is 8.69. The first-order valence-electron chi connectivity index (χ1n) is 5.44. The predicted molar refractivity (Wildman–Crippen MR) is 66.1 cm³/mol. The van der Waals surface area contributed by atoms with Crippen molar-refractivity contribution in [1.29, 1.82) is 0 Å².